The third-order valence-corrected chi connectivity index (χ3v) is 3.13. The van der Waals surface area contributed by atoms with Crippen molar-refractivity contribution in [3.8, 4) is 0 Å². The molecular formula is C11H14N4O. The monoisotopic (exact) mass is 218 g/mol. The Morgan fingerprint density at radius 3 is 2.81 bits per heavy atom. The summed E-state index contributed by atoms with van der Waals surface area (Å²) in [7, 11) is 0. The molecule has 1 N–H and O–H groups in total. The Hall–Kier alpha value is -1.65. The molecule has 0 radical (unpaired) electrons. The Labute approximate surface area is 92.5 Å². The molecule has 1 fully saturated rings. The standard InChI is InChI=1S/C11H14N4O/c1-3-8-6(2)12-11-13-9(7-4-5-7)14-15(11)10(8)16/h7H,3-5H2,1-2H3,(H,12,13,14). The minimum absolute atomic E-state index is 0.00981. The minimum Gasteiger partial charge on any atom is -0.275 e. The highest BCUT2D eigenvalue weighted by Gasteiger charge is 2.27. The molecule has 0 aliphatic heterocycles. The summed E-state index contributed by atoms with van der Waals surface area (Å²) in [4.78, 5) is 20.8. The number of H-pyrrole nitrogens is 1. The molecule has 1 aliphatic carbocycles. The Kier molecular flexibility index (Phi) is 1.89. The van der Waals surface area contributed by atoms with Crippen molar-refractivity contribution in [2.75, 3.05) is 0 Å². The van der Waals surface area contributed by atoms with E-state index in [1.54, 1.807) is 0 Å². The lowest BCUT2D eigenvalue weighted by molar-refractivity contribution is 0.823. The molecule has 0 amide bonds. The quantitative estimate of drug-likeness (QED) is 0.822. The highest BCUT2D eigenvalue weighted by Crippen LogP contribution is 2.37. The number of aryl methyl sites for hydroxylation is 1. The Morgan fingerprint density at radius 1 is 1.44 bits per heavy atom. The first-order valence-electron chi connectivity index (χ1n) is 5.69. The van der Waals surface area contributed by atoms with E-state index in [0.29, 0.717) is 18.1 Å². The molecule has 1 aliphatic rings. The van der Waals surface area contributed by atoms with E-state index < -0.39 is 0 Å². The molecule has 3 rings (SSSR count). The number of aromatic amines is 1. The van der Waals surface area contributed by atoms with Gasteiger partial charge in [0, 0.05) is 11.5 Å². The summed E-state index contributed by atoms with van der Waals surface area (Å²) < 4.78 is 1.47. The van der Waals surface area contributed by atoms with Crippen molar-refractivity contribution in [2.24, 2.45) is 0 Å². The van der Waals surface area contributed by atoms with Crippen molar-refractivity contribution >= 4 is 5.78 Å². The van der Waals surface area contributed by atoms with Gasteiger partial charge in [-0.05, 0) is 26.2 Å². The average Bonchev–Trinajstić information content (AvgIpc) is 3.00. The third-order valence-electron chi connectivity index (χ3n) is 3.13. The SMILES string of the molecule is CCc1c(C)nc2nc(C3CC3)[nH]n2c1=O. The van der Waals surface area contributed by atoms with Crippen molar-refractivity contribution in [1.82, 2.24) is 19.6 Å². The molecular weight excluding hydrogens is 204 g/mol. The van der Waals surface area contributed by atoms with Crippen LogP contribution in [0.15, 0.2) is 4.79 Å². The van der Waals surface area contributed by atoms with E-state index in [0.717, 1.165) is 29.9 Å². The maximum Gasteiger partial charge on any atom is 0.277 e. The van der Waals surface area contributed by atoms with Crippen LogP contribution in [0.3, 0.4) is 0 Å². The molecule has 0 atom stereocenters. The zero-order chi connectivity index (χ0) is 11.3. The fraction of sp³-hybridized carbons (Fsp3) is 0.545. The van der Waals surface area contributed by atoms with Gasteiger partial charge in [0.25, 0.3) is 11.3 Å². The molecule has 84 valence electrons. The number of aromatic nitrogens is 4. The Balaban J connectivity index is 2.29. The average molecular weight is 218 g/mol. The molecule has 0 saturated heterocycles. The molecule has 5 heteroatoms. The van der Waals surface area contributed by atoms with Gasteiger partial charge >= 0.3 is 0 Å². The molecule has 16 heavy (non-hydrogen) atoms. The largest absolute Gasteiger partial charge is 0.277 e. The minimum atomic E-state index is -0.00981. The number of hydrogen-bond donors (Lipinski definition) is 1. The van der Waals surface area contributed by atoms with Crippen LogP contribution in [0.1, 0.15) is 42.8 Å². The second-order valence-corrected chi connectivity index (χ2v) is 4.35. The summed E-state index contributed by atoms with van der Waals surface area (Å²) in [6.45, 7) is 3.84. The van der Waals surface area contributed by atoms with Crippen molar-refractivity contribution in [2.45, 2.75) is 39.0 Å². The molecule has 0 spiro atoms. The van der Waals surface area contributed by atoms with Gasteiger partial charge in [-0.25, -0.2) is 4.98 Å². The normalized spacial score (nSPS) is 15.9. The fourth-order valence-electron chi connectivity index (χ4n) is 2.02. The summed E-state index contributed by atoms with van der Waals surface area (Å²) in [6, 6.07) is 0. The van der Waals surface area contributed by atoms with Crippen molar-refractivity contribution in [3.63, 3.8) is 0 Å². The van der Waals surface area contributed by atoms with Crippen molar-refractivity contribution < 1.29 is 0 Å². The highest BCUT2D eigenvalue weighted by molar-refractivity contribution is 5.33. The number of fused-ring (bicyclic) bond motifs is 1. The van der Waals surface area contributed by atoms with E-state index in [1.807, 2.05) is 13.8 Å². The maximum atomic E-state index is 12.1. The first-order valence-corrected chi connectivity index (χ1v) is 5.69. The van der Waals surface area contributed by atoms with E-state index in [4.69, 9.17) is 0 Å². The van der Waals surface area contributed by atoms with Crippen molar-refractivity contribution in [1.29, 1.82) is 0 Å². The second-order valence-electron chi connectivity index (χ2n) is 4.35. The molecule has 0 bridgehead atoms. The Bertz CT molecular complexity index is 606. The van der Waals surface area contributed by atoms with Crippen LogP contribution in [0.2, 0.25) is 0 Å². The van der Waals surface area contributed by atoms with Gasteiger partial charge in [-0.15, -0.1) is 0 Å². The summed E-state index contributed by atoms with van der Waals surface area (Å²) in [6.07, 6.45) is 3.03. The molecule has 2 aromatic heterocycles. The van der Waals surface area contributed by atoms with Gasteiger partial charge in [0.05, 0.1) is 5.69 Å². The zero-order valence-corrected chi connectivity index (χ0v) is 9.45. The van der Waals surface area contributed by atoms with Gasteiger partial charge < -0.3 is 0 Å². The van der Waals surface area contributed by atoms with Crippen LogP contribution in [0.5, 0.6) is 0 Å². The van der Waals surface area contributed by atoms with Gasteiger partial charge in [0.1, 0.15) is 5.82 Å². The number of nitrogens with one attached hydrogen (secondary N) is 1. The molecule has 2 aromatic rings. The molecule has 5 nitrogen and oxygen atoms in total. The maximum absolute atomic E-state index is 12.1. The first kappa shape index (κ1) is 9.57. The summed E-state index contributed by atoms with van der Waals surface area (Å²) in [5, 5.41) is 3.06. The number of nitrogens with zero attached hydrogens (tertiary/aromatic N) is 3. The van der Waals surface area contributed by atoms with Crippen LogP contribution in [0, 0.1) is 6.92 Å². The summed E-state index contributed by atoms with van der Waals surface area (Å²) >= 11 is 0. The molecule has 0 unspecified atom stereocenters. The molecule has 2 heterocycles. The van der Waals surface area contributed by atoms with Crippen LogP contribution in [0.25, 0.3) is 5.78 Å². The lowest BCUT2D eigenvalue weighted by atomic mass is 10.2. The lowest BCUT2D eigenvalue weighted by Gasteiger charge is -2.00. The van der Waals surface area contributed by atoms with Gasteiger partial charge in [0.2, 0.25) is 0 Å². The van der Waals surface area contributed by atoms with E-state index in [-0.39, 0.29) is 5.56 Å². The second kappa shape index (κ2) is 3.17. The first-order chi connectivity index (χ1) is 7.70. The smallest absolute Gasteiger partial charge is 0.275 e. The fourth-order valence-corrected chi connectivity index (χ4v) is 2.02. The van der Waals surface area contributed by atoms with Gasteiger partial charge in [-0.2, -0.15) is 9.50 Å². The predicted molar refractivity (Wildman–Crippen MR) is 59.7 cm³/mol. The van der Waals surface area contributed by atoms with E-state index >= 15 is 0 Å². The highest BCUT2D eigenvalue weighted by atomic mass is 16.1. The van der Waals surface area contributed by atoms with Gasteiger partial charge in [-0.3, -0.25) is 9.89 Å². The van der Waals surface area contributed by atoms with E-state index in [9.17, 15) is 4.79 Å². The summed E-state index contributed by atoms with van der Waals surface area (Å²) in [5.74, 6) is 1.91. The van der Waals surface area contributed by atoms with Crippen LogP contribution in [0.4, 0.5) is 0 Å². The van der Waals surface area contributed by atoms with E-state index in [1.165, 1.54) is 4.52 Å². The van der Waals surface area contributed by atoms with Crippen molar-refractivity contribution in [3.05, 3.63) is 27.4 Å². The zero-order valence-electron chi connectivity index (χ0n) is 9.45. The lowest BCUT2D eigenvalue weighted by Crippen LogP contribution is -2.21. The van der Waals surface area contributed by atoms with E-state index in [2.05, 4.69) is 15.1 Å². The van der Waals surface area contributed by atoms with Gasteiger partial charge in [0.15, 0.2) is 0 Å². The van der Waals surface area contributed by atoms with Crippen LogP contribution in [-0.2, 0) is 6.42 Å². The molecule has 0 aromatic carbocycles. The number of rotatable bonds is 2. The summed E-state index contributed by atoms with van der Waals surface area (Å²) in [5.41, 5.74) is 1.55. The topological polar surface area (TPSA) is 63.1 Å². The molecule has 1 saturated carbocycles. The van der Waals surface area contributed by atoms with Crippen LogP contribution < -0.4 is 5.56 Å². The Morgan fingerprint density at radius 2 is 2.19 bits per heavy atom. The van der Waals surface area contributed by atoms with Crippen LogP contribution >= 0.6 is 0 Å². The third kappa shape index (κ3) is 1.27. The predicted octanol–water partition coefficient (Wildman–Crippen LogP) is 1.17. The van der Waals surface area contributed by atoms with Gasteiger partial charge in [-0.1, -0.05) is 6.92 Å². The van der Waals surface area contributed by atoms with Crippen LogP contribution in [-0.4, -0.2) is 19.6 Å². The number of hydrogen-bond acceptors (Lipinski definition) is 3.